The van der Waals surface area contributed by atoms with E-state index in [0.717, 1.165) is 0 Å². The van der Waals surface area contributed by atoms with Gasteiger partial charge in [0, 0.05) is 13.1 Å². The van der Waals surface area contributed by atoms with Crippen molar-refractivity contribution in [1.29, 1.82) is 0 Å². The SMILES string of the molecule is O=C(NCCNc1ncnc2nc[nH]c12)c1ccccc1F. The van der Waals surface area contributed by atoms with Crippen molar-refractivity contribution >= 4 is 22.9 Å². The van der Waals surface area contributed by atoms with Crippen LogP contribution in [-0.2, 0) is 0 Å². The Labute approximate surface area is 125 Å². The molecule has 22 heavy (non-hydrogen) atoms. The second kappa shape index (κ2) is 6.17. The van der Waals surface area contributed by atoms with E-state index < -0.39 is 11.7 Å². The highest BCUT2D eigenvalue weighted by atomic mass is 19.1. The Morgan fingerprint density at radius 3 is 2.91 bits per heavy atom. The zero-order valence-corrected chi connectivity index (χ0v) is 11.5. The summed E-state index contributed by atoms with van der Waals surface area (Å²) >= 11 is 0. The third kappa shape index (κ3) is 2.85. The minimum Gasteiger partial charge on any atom is -0.366 e. The molecule has 0 saturated heterocycles. The van der Waals surface area contributed by atoms with Crippen LogP contribution in [0.4, 0.5) is 10.2 Å². The number of nitrogens with one attached hydrogen (secondary N) is 3. The summed E-state index contributed by atoms with van der Waals surface area (Å²) in [6.45, 7) is 0.762. The van der Waals surface area contributed by atoms with E-state index in [1.54, 1.807) is 12.1 Å². The van der Waals surface area contributed by atoms with E-state index in [9.17, 15) is 9.18 Å². The molecule has 0 spiro atoms. The molecule has 0 radical (unpaired) electrons. The minimum atomic E-state index is -0.539. The molecule has 0 bridgehead atoms. The molecular weight excluding hydrogens is 287 g/mol. The molecule has 0 atom stereocenters. The van der Waals surface area contributed by atoms with Crippen LogP contribution >= 0.6 is 0 Å². The van der Waals surface area contributed by atoms with Gasteiger partial charge in [-0.15, -0.1) is 0 Å². The molecular formula is C14H13FN6O. The largest absolute Gasteiger partial charge is 0.366 e. The first-order valence-corrected chi connectivity index (χ1v) is 6.66. The summed E-state index contributed by atoms with van der Waals surface area (Å²) in [6.07, 6.45) is 2.94. The van der Waals surface area contributed by atoms with Crippen molar-refractivity contribution in [3.8, 4) is 0 Å². The molecule has 8 heteroatoms. The van der Waals surface area contributed by atoms with Crippen LogP contribution in [-0.4, -0.2) is 38.9 Å². The lowest BCUT2D eigenvalue weighted by atomic mass is 10.2. The number of hydrogen-bond acceptors (Lipinski definition) is 5. The van der Waals surface area contributed by atoms with Gasteiger partial charge in [0.1, 0.15) is 17.7 Å². The van der Waals surface area contributed by atoms with Gasteiger partial charge < -0.3 is 15.6 Å². The zero-order chi connectivity index (χ0) is 15.4. The van der Waals surface area contributed by atoms with Gasteiger partial charge in [-0.2, -0.15) is 0 Å². The van der Waals surface area contributed by atoms with Crippen molar-refractivity contribution in [3.05, 3.63) is 48.3 Å². The molecule has 3 rings (SSSR count). The van der Waals surface area contributed by atoms with Gasteiger partial charge in [-0.05, 0) is 12.1 Å². The maximum atomic E-state index is 13.4. The number of rotatable bonds is 5. The average molecular weight is 300 g/mol. The van der Waals surface area contributed by atoms with Gasteiger partial charge in [0.05, 0.1) is 11.9 Å². The van der Waals surface area contributed by atoms with Crippen LogP contribution in [0.5, 0.6) is 0 Å². The standard InChI is InChI=1S/C14H13FN6O/c15-10-4-2-1-3-9(10)14(22)17-6-5-16-12-11-13(19-7-18-11)21-8-20-12/h1-4,7-8H,5-6H2,(H,17,22)(H2,16,18,19,20,21). The highest BCUT2D eigenvalue weighted by molar-refractivity contribution is 5.94. The van der Waals surface area contributed by atoms with E-state index in [2.05, 4.69) is 30.6 Å². The smallest absolute Gasteiger partial charge is 0.254 e. The summed E-state index contributed by atoms with van der Waals surface area (Å²) in [5.41, 5.74) is 1.29. The number of H-pyrrole nitrogens is 1. The number of fused-ring (bicyclic) bond motifs is 1. The Morgan fingerprint density at radius 1 is 1.18 bits per heavy atom. The predicted molar refractivity (Wildman–Crippen MR) is 78.9 cm³/mol. The molecule has 112 valence electrons. The summed E-state index contributed by atoms with van der Waals surface area (Å²) in [5.74, 6) is -0.389. The summed E-state index contributed by atoms with van der Waals surface area (Å²) in [6, 6.07) is 5.85. The number of carbonyl (C=O) groups is 1. The molecule has 0 fully saturated rings. The molecule has 2 heterocycles. The van der Waals surface area contributed by atoms with E-state index >= 15 is 0 Å². The fourth-order valence-corrected chi connectivity index (χ4v) is 2.00. The maximum absolute atomic E-state index is 13.4. The Kier molecular flexibility index (Phi) is 3.90. The molecule has 3 aromatic rings. The molecule has 0 saturated carbocycles. The molecule has 2 aromatic heterocycles. The molecule has 7 nitrogen and oxygen atoms in total. The van der Waals surface area contributed by atoms with Gasteiger partial charge in [0.25, 0.3) is 5.91 Å². The normalized spacial score (nSPS) is 10.6. The first-order valence-electron chi connectivity index (χ1n) is 6.66. The average Bonchev–Trinajstić information content (AvgIpc) is 3.01. The lowest BCUT2D eigenvalue weighted by Gasteiger charge is -2.08. The zero-order valence-electron chi connectivity index (χ0n) is 11.5. The van der Waals surface area contributed by atoms with E-state index in [-0.39, 0.29) is 5.56 Å². The number of aromatic amines is 1. The lowest BCUT2D eigenvalue weighted by molar-refractivity contribution is 0.0951. The number of benzene rings is 1. The summed E-state index contributed by atoms with van der Waals surface area (Å²) < 4.78 is 13.4. The number of nitrogens with zero attached hydrogens (tertiary/aromatic N) is 3. The number of halogens is 1. The molecule has 1 aromatic carbocycles. The van der Waals surface area contributed by atoms with Crippen molar-refractivity contribution < 1.29 is 9.18 Å². The maximum Gasteiger partial charge on any atom is 0.254 e. The van der Waals surface area contributed by atoms with E-state index in [1.807, 2.05) is 0 Å². The third-order valence-corrected chi connectivity index (χ3v) is 3.04. The molecule has 1 amide bonds. The Bertz CT molecular complexity index is 803. The fourth-order valence-electron chi connectivity index (χ4n) is 2.00. The number of hydrogen-bond donors (Lipinski definition) is 3. The predicted octanol–water partition coefficient (Wildman–Crippen LogP) is 1.33. The molecule has 0 unspecified atom stereocenters. The molecule has 0 aliphatic carbocycles. The number of carbonyl (C=O) groups excluding carboxylic acids is 1. The van der Waals surface area contributed by atoms with Crippen LogP contribution in [0.15, 0.2) is 36.9 Å². The second-order valence-corrected chi connectivity index (χ2v) is 4.49. The van der Waals surface area contributed by atoms with Crippen LogP contribution in [0.3, 0.4) is 0 Å². The van der Waals surface area contributed by atoms with Crippen molar-refractivity contribution in [2.75, 3.05) is 18.4 Å². The van der Waals surface area contributed by atoms with Gasteiger partial charge in [-0.1, -0.05) is 12.1 Å². The monoisotopic (exact) mass is 300 g/mol. The summed E-state index contributed by atoms with van der Waals surface area (Å²) in [5, 5.41) is 5.71. The van der Waals surface area contributed by atoms with Gasteiger partial charge >= 0.3 is 0 Å². The number of imidazole rings is 1. The lowest BCUT2D eigenvalue weighted by Crippen LogP contribution is -2.29. The minimum absolute atomic E-state index is 0.0282. The van der Waals surface area contributed by atoms with Crippen molar-refractivity contribution in [2.24, 2.45) is 0 Å². The quantitative estimate of drug-likeness (QED) is 0.618. The van der Waals surface area contributed by atoms with Crippen molar-refractivity contribution in [3.63, 3.8) is 0 Å². The molecule has 3 N–H and O–H groups in total. The first-order chi connectivity index (χ1) is 10.8. The van der Waals surface area contributed by atoms with Crippen LogP contribution in [0.1, 0.15) is 10.4 Å². The topological polar surface area (TPSA) is 95.6 Å². The third-order valence-electron chi connectivity index (χ3n) is 3.04. The van der Waals surface area contributed by atoms with Gasteiger partial charge in [-0.25, -0.2) is 19.3 Å². The molecule has 0 aliphatic heterocycles. The summed E-state index contributed by atoms with van der Waals surface area (Å²) in [7, 11) is 0. The summed E-state index contributed by atoms with van der Waals surface area (Å²) in [4.78, 5) is 26.9. The number of amides is 1. The Hall–Kier alpha value is -3.03. The van der Waals surface area contributed by atoms with Crippen LogP contribution < -0.4 is 10.6 Å². The highest BCUT2D eigenvalue weighted by Crippen LogP contribution is 2.13. The number of anilines is 1. The highest BCUT2D eigenvalue weighted by Gasteiger charge is 2.10. The Balaban J connectivity index is 1.55. The fraction of sp³-hybridized carbons (Fsp3) is 0.143. The van der Waals surface area contributed by atoms with Gasteiger partial charge in [0.2, 0.25) is 0 Å². The van der Waals surface area contributed by atoms with Gasteiger partial charge in [-0.3, -0.25) is 4.79 Å². The Morgan fingerprint density at radius 2 is 2.05 bits per heavy atom. The van der Waals surface area contributed by atoms with Crippen molar-refractivity contribution in [1.82, 2.24) is 25.3 Å². The first kappa shape index (κ1) is 13.9. The van der Waals surface area contributed by atoms with Crippen LogP contribution in [0.25, 0.3) is 11.2 Å². The second-order valence-electron chi connectivity index (χ2n) is 4.49. The van der Waals surface area contributed by atoms with Crippen LogP contribution in [0, 0.1) is 5.82 Å². The van der Waals surface area contributed by atoms with Crippen LogP contribution in [0.2, 0.25) is 0 Å². The van der Waals surface area contributed by atoms with Crippen molar-refractivity contribution in [2.45, 2.75) is 0 Å². The van der Waals surface area contributed by atoms with E-state index in [1.165, 1.54) is 24.8 Å². The van der Waals surface area contributed by atoms with Gasteiger partial charge in [0.15, 0.2) is 11.5 Å². The molecule has 0 aliphatic rings. The number of aromatic nitrogens is 4. The van der Waals surface area contributed by atoms with E-state index in [0.29, 0.717) is 30.1 Å². The van der Waals surface area contributed by atoms with E-state index in [4.69, 9.17) is 0 Å².